The van der Waals surface area contributed by atoms with Gasteiger partial charge in [-0.2, -0.15) is 0 Å². The molecule has 0 aliphatic carbocycles. The van der Waals surface area contributed by atoms with Crippen LogP contribution in [0.2, 0.25) is 0 Å². The van der Waals surface area contributed by atoms with E-state index in [0.717, 1.165) is 17.4 Å². The van der Waals surface area contributed by atoms with Gasteiger partial charge in [0.05, 0.1) is 6.10 Å². The average Bonchev–Trinajstić information content (AvgIpc) is 2.32. The summed E-state index contributed by atoms with van der Waals surface area (Å²) < 4.78 is 6.45. The van der Waals surface area contributed by atoms with Gasteiger partial charge in [0.15, 0.2) is 0 Å². The molecule has 1 amide bonds. The lowest BCUT2D eigenvalue weighted by atomic mass is 10.2. The van der Waals surface area contributed by atoms with Crippen LogP contribution in [0, 0.1) is 0 Å². The molecule has 0 unspecified atom stereocenters. The van der Waals surface area contributed by atoms with Crippen molar-refractivity contribution < 1.29 is 9.53 Å². The van der Waals surface area contributed by atoms with Gasteiger partial charge in [-0.1, -0.05) is 15.9 Å². The van der Waals surface area contributed by atoms with E-state index >= 15 is 0 Å². The fourth-order valence-corrected chi connectivity index (χ4v) is 2.08. The van der Waals surface area contributed by atoms with Gasteiger partial charge in [-0.15, -0.1) is 12.4 Å². The number of rotatable bonds is 7. The van der Waals surface area contributed by atoms with Crippen molar-refractivity contribution in [3.05, 3.63) is 28.2 Å². The van der Waals surface area contributed by atoms with E-state index < -0.39 is 0 Å². The SMILES string of the molecule is CNCCCNC(=O)c1cc(Br)cc(OC(C)C)c1.Cl. The molecule has 0 atom stereocenters. The molecule has 1 aromatic rings. The number of carbonyl (C=O) groups excluding carboxylic acids is 1. The number of amides is 1. The second-order valence-electron chi connectivity index (χ2n) is 4.56. The van der Waals surface area contributed by atoms with Crippen LogP contribution in [0.25, 0.3) is 0 Å². The lowest BCUT2D eigenvalue weighted by Crippen LogP contribution is -2.26. The second kappa shape index (κ2) is 10.0. The molecule has 1 aromatic carbocycles. The summed E-state index contributed by atoms with van der Waals surface area (Å²) in [5.74, 6) is 0.621. The van der Waals surface area contributed by atoms with Crippen LogP contribution in [0.5, 0.6) is 5.75 Å². The van der Waals surface area contributed by atoms with E-state index in [1.54, 1.807) is 12.1 Å². The molecule has 0 saturated heterocycles. The maximum atomic E-state index is 12.0. The first-order valence-corrected chi connectivity index (χ1v) is 7.22. The monoisotopic (exact) mass is 364 g/mol. The number of halogens is 2. The van der Waals surface area contributed by atoms with Gasteiger partial charge in [-0.25, -0.2) is 0 Å². The number of nitrogens with one attached hydrogen (secondary N) is 2. The van der Waals surface area contributed by atoms with Crippen LogP contribution in [0.3, 0.4) is 0 Å². The molecule has 0 radical (unpaired) electrons. The maximum absolute atomic E-state index is 12.0. The molecule has 0 spiro atoms. The van der Waals surface area contributed by atoms with Gasteiger partial charge in [-0.05, 0) is 52.1 Å². The molecule has 0 fully saturated rings. The zero-order chi connectivity index (χ0) is 14.3. The van der Waals surface area contributed by atoms with E-state index in [9.17, 15) is 4.79 Å². The molecule has 0 aliphatic rings. The van der Waals surface area contributed by atoms with E-state index in [0.29, 0.717) is 17.9 Å². The van der Waals surface area contributed by atoms with Gasteiger partial charge in [0.2, 0.25) is 0 Å². The zero-order valence-corrected chi connectivity index (χ0v) is 14.4. The van der Waals surface area contributed by atoms with Crippen molar-refractivity contribution in [1.29, 1.82) is 0 Å². The predicted octanol–water partition coefficient (Wildman–Crippen LogP) is 3.00. The summed E-state index contributed by atoms with van der Waals surface area (Å²) in [5, 5.41) is 5.93. The van der Waals surface area contributed by atoms with E-state index in [1.165, 1.54) is 0 Å². The number of hydrogen-bond acceptors (Lipinski definition) is 3. The molecule has 0 bridgehead atoms. The molecule has 0 aliphatic heterocycles. The summed E-state index contributed by atoms with van der Waals surface area (Å²) in [5.41, 5.74) is 0.606. The second-order valence-corrected chi connectivity index (χ2v) is 5.47. The van der Waals surface area contributed by atoms with Crippen LogP contribution in [0.1, 0.15) is 30.6 Å². The van der Waals surface area contributed by atoms with Crippen LogP contribution in [0.4, 0.5) is 0 Å². The first kappa shape index (κ1) is 19.2. The summed E-state index contributed by atoms with van der Waals surface area (Å²) in [4.78, 5) is 12.0. The lowest BCUT2D eigenvalue weighted by molar-refractivity contribution is 0.0952. The van der Waals surface area contributed by atoms with Crippen molar-refractivity contribution in [1.82, 2.24) is 10.6 Å². The average molecular weight is 366 g/mol. The number of ether oxygens (including phenoxy) is 1. The fourth-order valence-electron chi connectivity index (χ4n) is 1.60. The highest BCUT2D eigenvalue weighted by Gasteiger charge is 2.09. The molecule has 114 valence electrons. The van der Waals surface area contributed by atoms with E-state index in [2.05, 4.69) is 26.6 Å². The highest BCUT2D eigenvalue weighted by Crippen LogP contribution is 2.22. The third-order valence-corrected chi connectivity index (χ3v) is 2.85. The molecule has 6 heteroatoms. The first-order chi connectivity index (χ1) is 9.02. The summed E-state index contributed by atoms with van der Waals surface area (Å²) in [6.07, 6.45) is 0.992. The third-order valence-electron chi connectivity index (χ3n) is 2.39. The van der Waals surface area contributed by atoms with Gasteiger partial charge in [0.1, 0.15) is 5.75 Å². The van der Waals surface area contributed by atoms with Crippen molar-refractivity contribution in [3.63, 3.8) is 0 Å². The van der Waals surface area contributed by atoms with Gasteiger partial charge in [0, 0.05) is 16.6 Å². The number of hydrogen-bond donors (Lipinski definition) is 2. The Kier molecular flexibility index (Phi) is 9.63. The minimum atomic E-state index is -0.0778. The first-order valence-electron chi connectivity index (χ1n) is 6.43. The molecule has 0 heterocycles. The standard InChI is InChI=1S/C14H21BrN2O2.ClH/c1-10(2)19-13-8-11(7-12(15)9-13)14(18)17-6-4-5-16-3;/h7-10,16H,4-6H2,1-3H3,(H,17,18);1H. The Bertz CT molecular complexity index is 428. The fraction of sp³-hybridized carbons (Fsp3) is 0.500. The largest absolute Gasteiger partial charge is 0.491 e. The molecule has 0 saturated carbocycles. The number of benzene rings is 1. The van der Waals surface area contributed by atoms with Gasteiger partial charge < -0.3 is 15.4 Å². The van der Waals surface area contributed by atoms with E-state index in [4.69, 9.17) is 4.74 Å². The van der Waals surface area contributed by atoms with Gasteiger partial charge in [0.25, 0.3) is 5.91 Å². The van der Waals surface area contributed by atoms with Gasteiger partial charge in [-0.3, -0.25) is 4.79 Å². The Morgan fingerprint density at radius 1 is 1.30 bits per heavy atom. The van der Waals surface area contributed by atoms with Crippen LogP contribution in [-0.4, -0.2) is 32.1 Å². The summed E-state index contributed by atoms with van der Waals surface area (Å²) in [6, 6.07) is 5.41. The van der Waals surface area contributed by atoms with Crippen LogP contribution in [0.15, 0.2) is 22.7 Å². The maximum Gasteiger partial charge on any atom is 0.251 e. The van der Waals surface area contributed by atoms with Crippen molar-refractivity contribution >= 4 is 34.2 Å². The minimum absolute atomic E-state index is 0. The Hall–Kier alpha value is -0.780. The quantitative estimate of drug-likeness (QED) is 0.730. The van der Waals surface area contributed by atoms with Crippen LogP contribution >= 0.6 is 28.3 Å². The third kappa shape index (κ3) is 7.12. The zero-order valence-electron chi connectivity index (χ0n) is 12.0. The molecule has 4 nitrogen and oxygen atoms in total. The van der Waals surface area contributed by atoms with Crippen molar-refractivity contribution in [2.75, 3.05) is 20.1 Å². The molecule has 0 aromatic heterocycles. The van der Waals surface area contributed by atoms with E-state index in [-0.39, 0.29) is 24.4 Å². The predicted molar refractivity (Wildman–Crippen MR) is 88.0 cm³/mol. The Morgan fingerprint density at radius 3 is 2.60 bits per heavy atom. The molecule has 20 heavy (non-hydrogen) atoms. The molecular formula is C14H22BrClN2O2. The summed E-state index contributed by atoms with van der Waals surface area (Å²) in [7, 11) is 1.89. The molecule has 2 N–H and O–H groups in total. The Morgan fingerprint density at radius 2 is 2.00 bits per heavy atom. The van der Waals surface area contributed by atoms with Crippen LogP contribution in [-0.2, 0) is 0 Å². The molecule has 1 rings (SSSR count). The summed E-state index contributed by atoms with van der Waals surface area (Å²) in [6.45, 7) is 5.46. The van der Waals surface area contributed by atoms with E-state index in [1.807, 2.05) is 27.0 Å². The van der Waals surface area contributed by atoms with Crippen molar-refractivity contribution in [2.45, 2.75) is 26.4 Å². The van der Waals surface area contributed by atoms with Crippen LogP contribution < -0.4 is 15.4 Å². The normalized spacial score (nSPS) is 10.1. The minimum Gasteiger partial charge on any atom is -0.491 e. The van der Waals surface area contributed by atoms with Crippen molar-refractivity contribution in [2.24, 2.45) is 0 Å². The Labute approximate surface area is 135 Å². The highest BCUT2D eigenvalue weighted by molar-refractivity contribution is 9.10. The summed E-state index contributed by atoms with van der Waals surface area (Å²) >= 11 is 3.39. The van der Waals surface area contributed by atoms with Gasteiger partial charge >= 0.3 is 0 Å². The molecular weight excluding hydrogens is 344 g/mol. The highest BCUT2D eigenvalue weighted by atomic mass is 79.9. The Balaban J connectivity index is 0.00000361. The van der Waals surface area contributed by atoms with Crippen molar-refractivity contribution in [3.8, 4) is 5.75 Å². The smallest absolute Gasteiger partial charge is 0.251 e. The topological polar surface area (TPSA) is 50.4 Å². The number of carbonyl (C=O) groups is 1. The lowest BCUT2D eigenvalue weighted by Gasteiger charge is -2.12.